The highest BCUT2D eigenvalue weighted by Crippen LogP contribution is 2.27. The van der Waals surface area contributed by atoms with Gasteiger partial charge in [-0.15, -0.1) is 11.3 Å². The zero-order valence-electron chi connectivity index (χ0n) is 15.8. The van der Waals surface area contributed by atoms with Crippen molar-refractivity contribution in [2.24, 2.45) is 0 Å². The Morgan fingerprint density at radius 3 is 2.59 bits per heavy atom. The lowest BCUT2D eigenvalue weighted by Crippen LogP contribution is -2.31. The summed E-state index contributed by atoms with van der Waals surface area (Å²) in [5, 5.41) is 4.94. The molecule has 152 valence electrons. The van der Waals surface area contributed by atoms with E-state index in [1.807, 2.05) is 18.2 Å². The maximum atomic E-state index is 12.8. The lowest BCUT2D eigenvalue weighted by atomic mass is 10.2. The summed E-state index contributed by atoms with van der Waals surface area (Å²) in [4.78, 5) is 21.1. The van der Waals surface area contributed by atoms with E-state index >= 15 is 0 Å². The van der Waals surface area contributed by atoms with Crippen LogP contribution in [0.15, 0.2) is 52.9 Å². The molecule has 29 heavy (non-hydrogen) atoms. The lowest BCUT2D eigenvalue weighted by molar-refractivity contribution is 0.102. The van der Waals surface area contributed by atoms with E-state index in [1.54, 1.807) is 25.4 Å². The first-order valence-corrected chi connectivity index (χ1v) is 11.5. The van der Waals surface area contributed by atoms with E-state index in [1.165, 1.54) is 33.8 Å². The number of pyridine rings is 1. The number of halogens is 1. The van der Waals surface area contributed by atoms with Crippen LogP contribution < -0.4 is 5.32 Å². The van der Waals surface area contributed by atoms with Crippen LogP contribution in [-0.4, -0.2) is 41.7 Å². The normalized spacial score (nSPS) is 11.6. The number of thiazole rings is 1. The molecule has 0 spiro atoms. The Morgan fingerprint density at radius 2 is 1.93 bits per heavy atom. The van der Waals surface area contributed by atoms with Crippen LogP contribution in [0.4, 0.5) is 5.13 Å². The summed E-state index contributed by atoms with van der Waals surface area (Å²) in [6.45, 7) is 4.10. The predicted octanol–water partition coefficient (Wildman–Crippen LogP) is 4.14. The third kappa shape index (κ3) is 4.64. The first-order valence-electron chi connectivity index (χ1n) is 8.84. The van der Waals surface area contributed by atoms with Crippen LogP contribution in [0.3, 0.4) is 0 Å². The van der Waals surface area contributed by atoms with Crippen molar-refractivity contribution < 1.29 is 13.2 Å². The zero-order chi connectivity index (χ0) is 21.0. The molecule has 0 aliphatic carbocycles. The molecule has 1 N–H and O–H groups in total. The van der Waals surface area contributed by atoms with Crippen molar-refractivity contribution in [3.8, 4) is 11.4 Å². The quantitative estimate of drug-likeness (QED) is 0.584. The molecule has 2 aromatic heterocycles. The SMILES string of the molecule is CCN(CC)S(=O)(=O)c1cc(C(=O)Nc2nc(-c3ccccn3)cs2)ccc1Cl. The molecule has 2 heterocycles. The minimum atomic E-state index is -3.79. The molecule has 0 unspecified atom stereocenters. The van der Waals surface area contributed by atoms with Crippen LogP contribution in [0.25, 0.3) is 11.4 Å². The third-order valence-corrected chi connectivity index (χ3v) is 7.46. The number of carbonyl (C=O) groups is 1. The average molecular weight is 451 g/mol. The van der Waals surface area contributed by atoms with Gasteiger partial charge in [0.1, 0.15) is 10.6 Å². The highest BCUT2D eigenvalue weighted by molar-refractivity contribution is 7.89. The molecule has 0 radical (unpaired) electrons. The molecule has 3 rings (SSSR count). The Labute approximate surface area is 178 Å². The van der Waals surface area contributed by atoms with Gasteiger partial charge in [0, 0.05) is 30.2 Å². The Balaban J connectivity index is 1.85. The summed E-state index contributed by atoms with van der Waals surface area (Å²) < 4.78 is 26.9. The second-order valence-electron chi connectivity index (χ2n) is 5.94. The number of nitrogens with one attached hydrogen (secondary N) is 1. The van der Waals surface area contributed by atoms with E-state index in [-0.39, 0.29) is 15.5 Å². The molecule has 0 atom stereocenters. The lowest BCUT2D eigenvalue weighted by Gasteiger charge is -2.19. The standard InChI is InChI=1S/C19H19ClN4O3S2/c1-3-24(4-2)29(26,27)17-11-13(8-9-14(17)20)18(25)23-19-22-16(12-28-19)15-7-5-6-10-21-15/h5-12H,3-4H2,1-2H3,(H,22,23,25). The van der Waals surface area contributed by atoms with E-state index < -0.39 is 15.9 Å². The summed E-state index contributed by atoms with van der Waals surface area (Å²) in [5.74, 6) is -0.473. The molecule has 1 amide bonds. The fourth-order valence-electron chi connectivity index (χ4n) is 2.68. The summed E-state index contributed by atoms with van der Waals surface area (Å²) in [6, 6.07) is 9.66. The highest BCUT2D eigenvalue weighted by atomic mass is 35.5. The van der Waals surface area contributed by atoms with Gasteiger partial charge in [-0.2, -0.15) is 4.31 Å². The number of hydrogen-bond donors (Lipinski definition) is 1. The largest absolute Gasteiger partial charge is 0.298 e. The van der Waals surface area contributed by atoms with Crippen LogP contribution in [0.2, 0.25) is 5.02 Å². The molecular formula is C19H19ClN4O3S2. The van der Waals surface area contributed by atoms with Crippen molar-refractivity contribution in [3.63, 3.8) is 0 Å². The first kappa shape index (κ1) is 21.4. The van der Waals surface area contributed by atoms with Crippen molar-refractivity contribution in [3.05, 3.63) is 58.6 Å². The number of aromatic nitrogens is 2. The second kappa shape index (κ2) is 9.00. The van der Waals surface area contributed by atoms with Gasteiger partial charge in [0.2, 0.25) is 10.0 Å². The Kier molecular flexibility index (Phi) is 6.63. The number of nitrogens with zero attached hydrogens (tertiary/aromatic N) is 3. The Morgan fingerprint density at radius 1 is 1.17 bits per heavy atom. The molecule has 0 saturated heterocycles. The van der Waals surface area contributed by atoms with Crippen LogP contribution in [0, 0.1) is 0 Å². The maximum Gasteiger partial charge on any atom is 0.257 e. The van der Waals surface area contributed by atoms with Gasteiger partial charge in [-0.05, 0) is 30.3 Å². The zero-order valence-corrected chi connectivity index (χ0v) is 18.2. The number of carbonyl (C=O) groups excluding carboxylic acids is 1. The van der Waals surface area contributed by atoms with Gasteiger partial charge in [-0.1, -0.05) is 31.5 Å². The number of amides is 1. The van der Waals surface area contributed by atoms with E-state index in [0.717, 1.165) is 0 Å². The monoisotopic (exact) mass is 450 g/mol. The molecule has 0 bridgehead atoms. The molecule has 3 aromatic rings. The van der Waals surface area contributed by atoms with Crippen molar-refractivity contribution in [2.75, 3.05) is 18.4 Å². The predicted molar refractivity (Wildman–Crippen MR) is 115 cm³/mol. The summed E-state index contributed by atoms with van der Waals surface area (Å²) in [7, 11) is -3.79. The van der Waals surface area contributed by atoms with Crippen molar-refractivity contribution >= 4 is 44.0 Å². The number of sulfonamides is 1. The second-order valence-corrected chi connectivity index (χ2v) is 9.11. The average Bonchev–Trinajstić information content (AvgIpc) is 3.18. The maximum absolute atomic E-state index is 12.8. The Hall–Kier alpha value is -2.33. The molecular weight excluding hydrogens is 432 g/mol. The molecule has 7 nitrogen and oxygen atoms in total. The third-order valence-electron chi connectivity index (χ3n) is 4.17. The van der Waals surface area contributed by atoms with Gasteiger partial charge < -0.3 is 0 Å². The minimum absolute atomic E-state index is 0.0696. The van der Waals surface area contributed by atoms with Crippen molar-refractivity contribution in [1.82, 2.24) is 14.3 Å². The van der Waals surface area contributed by atoms with E-state index in [9.17, 15) is 13.2 Å². The van der Waals surface area contributed by atoms with Gasteiger partial charge in [-0.3, -0.25) is 15.1 Å². The van der Waals surface area contributed by atoms with Crippen LogP contribution >= 0.6 is 22.9 Å². The molecule has 0 saturated carbocycles. The number of benzene rings is 1. The summed E-state index contributed by atoms with van der Waals surface area (Å²) in [5.41, 5.74) is 1.52. The van der Waals surface area contributed by atoms with Gasteiger partial charge in [0.25, 0.3) is 5.91 Å². The van der Waals surface area contributed by atoms with E-state index in [2.05, 4.69) is 15.3 Å². The molecule has 0 aliphatic heterocycles. The summed E-state index contributed by atoms with van der Waals surface area (Å²) in [6.07, 6.45) is 1.67. The number of hydrogen-bond acceptors (Lipinski definition) is 6. The minimum Gasteiger partial charge on any atom is -0.298 e. The van der Waals surface area contributed by atoms with Gasteiger partial charge in [-0.25, -0.2) is 13.4 Å². The van der Waals surface area contributed by atoms with Crippen molar-refractivity contribution in [1.29, 1.82) is 0 Å². The van der Waals surface area contributed by atoms with Gasteiger partial charge in [0.15, 0.2) is 5.13 Å². The van der Waals surface area contributed by atoms with Gasteiger partial charge in [0.05, 0.1) is 10.7 Å². The Bertz CT molecular complexity index is 1110. The first-order chi connectivity index (χ1) is 13.9. The van der Waals surface area contributed by atoms with Gasteiger partial charge >= 0.3 is 0 Å². The molecule has 0 aliphatic rings. The number of rotatable bonds is 7. The van der Waals surface area contributed by atoms with E-state index in [0.29, 0.717) is 29.6 Å². The number of anilines is 1. The highest BCUT2D eigenvalue weighted by Gasteiger charge is 2.25. The fourth-order valence-corrected chi connectivity index (χ4v) is 5.34. The molecule has 10 heteroatoms. The van der Waals surface area contributed by atoms with E-state index in [4.69, 9.17) is 11.6 Å². The van der Waals surface area contributed by atoms with Crippen LogP contribution in [0.5, 0.6) is 0 Å². The van der Waals surface area contributed by atoms with Crippen molar-refractivity contribution in [2.45, 2.75) is 18.7 Å². The topological polar surface area (TPSA) is 92.3 Å². The summed E-state index contributed by atoms with van der Waals surface area (Å²) >= 11 is 7.38. The van der Waals surface area contributed by atoms with Crippen LogP contribution in [0.1, 0.15) is 24.2 Å². The van der Waals surface area contributed by atoms with Crippen LogP contribution in [-0.2, 0) is 10.0 Å². The molecule has 0 fully saturated rings. The molecule has 1 aromatic carbocycles. The fraction of sp³-hybridized carbons (Fsp3) is 0.211. The smallest absolute Gasteiger partial charge is 0.257 e.